The summed E-state index contributed by atoms with van der Waals surface area (Å²) < 4.78 is 53.1. The first-order chi connectivity index (χ1) is 39.1. The van der Waals surface area contributed by atoms with Crippen LogP contribution in [0.5, 0.6) is 0 Å². The second-order valence-corrected chi connectivity index (χ2v) is 19.0. The molecule has 0 unspecified atom stereocenters. The highest BCUT2D eigenvalue weighted by Gasteiger charge is 2.37. The molecule has 9 nitrogen and oxygen atoms in total. The van der Waals surface area contributed by atoms with Gasteiger partial charge in [0.15, 0.2) is 34.5 Å². The monoisotopic (exact) mass is 1040 g/mol. The number of benzene rings is 10. The Bertz CT molecular complexity index is 4820. The molecular formula is C68H36F3N9. The van der Waals surface area contributed by atoms with Gasteiger partial charge in [0, 0.05) is 54.9 Å². The summed E-state index contributed by atoms with van der Waals surface area (Å²) in [5, 5.41) is 12.8. The highest BCUT2D eigenvalue weighted by molar-refractivity contribution is 6.13. The van der Waals surface area contributed by atoms with Gasteiger partial charge in [0.1, 0.15) is 0 Å². The van der Waals surface area contributed by atoms with Gasteiger partial charge in [-0.3, -0.25) is 0 Å². The fraction of sp³-hybridized carbons (Fsp3) is 0.0147. The van der Waals surface area contributed by atoms with E-state index in [1.807, 2.05) is 167 Å². The van der Waals surface area contributed by atoms with E-state index in [0.717, 1.165) is 49.8 Å². The van der Waals surface area contributed by atoms with Crippen LogP contribution in [0.2, 0.25) is 0 Å². The molecule has 80 heavy (non-hydrogen) atoms. The lowest BCUT2D eigenvalue weighted by Gasteiger charge is -2.23. The molecule has 0 atom stereocenters. The maximum Gasteiger partial charge on any atom is 0.417 e. The lowest BCUT2D eigenvalue weighted by molar-refractivity contribution is -0.137. The molecule has 13 aromatic rings. The molecule has 0 N–H and O–H groups in total. The summed E-state index contributed by atoms with van der Waals surface area (Å²) in [6, 6.07) is 67.6. The average molecular weight is 1040 g/mol. The second kappa shape index (κ2) is 19.3. The van der Waals surface area contributed by atoms with E-state index < -0.39 is 11.7 Å². The summed E-state index contributed by atoms with van der Waals surface area (Å²) in [4.78, 5) is 26.0. The van der Waals surface area contributed by atoms with Crippen LogP contribution in [0.1, 0.15) is 11.1 Å². The van der Waals surface area contributed by atoms with Crippen molar-refractivity contribution in [2.75, 3.05) is 0 Å². The fourth-order valence-electron chi connectivity index (χ4n) is 10.9. The van der Waals surface area contributed by atoms with E-state index >= 15 is 13.2 Å². The Kier molecular flexibility index (Phi) is 11.6. The van der Waals surface area contributed by atoms with Crippen molar-refractivity contribution in [2.24, 2.45) is 0 Å². The van der Waals surface area contributed by atoms with Crippen molar-refractivity contribution in [1.82, 2.24) is 24.1 Å². The molecule has 3 aromatic heterocycles. The van der Waals surface area contributed by atoms with Gasteiger partial charge in [0.25, 0.3) is 0 Å². The number of hydrogen-bond acceptors (Lipinski definition) is 4. The minimum atomic E-state index is -4.87. The Labute approximate surface area is 456 Å². The van der Waals surface area contributed by atoms with Crippen LogP contribution in [0.25, 0.3) is 137 Å². The van der Waals surface area contributed by atoms with E-state index in [2.05, 4.69) is 20.6 Å². The van der Waals surface area contributed by atoms with Crippen molar-refractivity contribution in [3.8, 4) is 85.0 Å². The number of halogens is 3. The fourth-order valence-corrected chi connectivity index (χ4v) is 10.9. The molecule has 10 aromatic carbocycles. The van der Waals surface area contributed by atoms with Gasteiger partial charge < -0.3 is 9.13 Å². The molecule has 0 radical (unpaired) electrons. The van der Waals surface area contributed by atoms with Gasteiger partial charge in [0.2, 0.25) is 0 Å². The zero-order chi connectivity index (χ0) is 54.6. The zero-order valence-electron chi connectivity index (χ0n) is 41.9. The number of fused-ring (bicyclic) bond motifs is 6. The Morgan fingerprint density at radius 1 is 0.400 bits per heavy atom. The van der Waals surface area contributed by atoms with Crippen LogP contribution < -0.4 is 0 Å². The third-order valence-electron chi connectivity index (χ3n) is 14.5. The molecule has 0 saturated carbocycles. The number of nitriles is 1. The van der Waals surface area contributed by atoms with Crippen LogP contribution in [-0.2, 0) is 6.18 Å². The van der Waals surface area contributed by atoms with Crippen LogP contribution in [0.4, 0.5) is 30.2 Å². The number of rotatable bonds is 8. The molecule has 12 heteroatoms. The maximum absolute atomic E-state index is 16.4. The van der Waals surface area contributed by atoms with Gasteiger partial charge in [-0.25, -0.2) is 29.5 Å². The minimum Gasteiger partial charge on any atom is -0.309 e. The molecule has 0 fully saturated rings. The normalized spacial score (nSPS) is 11.4. The SMILES string of the molecule is [C-]#[N+]c1ccc(-c2ccc3c(c2)c2ccccc2n3-c2cccc(C(F)(F)F)c2-c2cc(-c3nc(-c4ccccc4)nc(-c4ccccc4)n3)ccc2-n2c3ccccc3c3cc(-c4ccc(C#N)cc4[N+]#[C-])ccc32)c([N+]#[C-])c1. The summed E-state index contributed by atoms with van der Waals surface area (Å²) in [5.74, 6) is 1.01. The molecule has 3 heterocycles. The summed E-state index contributed by atoms with van der Waals surface area (Å²) in [7, 11) is 0. The van der Waals surface area contributed by atoms with Gasteiger partial charge in [-0.2, -0.15) is 18.4 Å². The molecule has 0 spiro atoms. The number of aromatic nitrogens is 5. The van der Waals surface area contributed by atoms with E-state index in [4.69, 9.17) is 34.7 Å². The molecule has 0 amide bonds. The van der Waals surface area contributed by atoms with Crippen LogP contribution in [0.3, 0.4) is 0 Å². The van der Waals surface area contributed by atoms with E-state index in [0.29, 0.717) is 78.8 Å². The molecule has 13 rings (SSSR count). The van der Waals surface area contributed by atoms with Crippen LogP contribution in [-0.4, -0.2) is 24.1 Å². The van der Waals surface area contributed by atoms with E-state index in [1.165, 1.54) is 6.07 Å². The molecule has 0 saturated heterocycles. The number of nitrogens with zero attached hydrogens (tertiary/aromatic N) is 9. The van der Waals surface area contributed by atoms with Crippen molar-refractivity contribution in [3.63, 3.8) is 0 Å². The zero-order valence-corrected chi connectivity index (χ0v) is 41.9. The Morgan fingerprint density at radius 2 is 0.900 bits per heavy atom. The number of hydrogen-bond donors (Lipinski definition) is 0. The first kappa shape index (κ1) is 48.2. The summed E-state index contributed by atoms with van der Waals surface area (Å²) in [6.07, 6.45) is -4.87. The van der Waals surface area contributed by atoms with Crippen molar-refractivity contribution < 1.29 is 13.2 Å². The Balaban J connectivity index is 1.12. The highest BCUT2D eigenvalue weighted by Crippen LogP contribution is 2.48. The van der Waals surface area contributed by atoms with Crippen LogP contribution >= 0.6 is 0 Å². The third kappa shape index (κ3) is 8.13. The Hall–Kier alpha value is -11.4. The maximum atomic E-state index is 16.4. The second-order valence-electron chi connectivity index (χ2n) is 19.0. The summed E-state index contributed by atoms with van der Waals surface area (Å²) in [5.41, 5.74) is 8.53. The average Bonchev–Trinajstić information content (AvgIpc) is 4.08. The summed E-state index contributed by atoms with van der Waals surface area (Å²) in [6.45, 7) is 23.5. The standard InChI is InChI=1S/C68H36F3N9/c1-73-47-29-31-49(57(39-47)75-3)45-27-33-61-53(37-45)51-20-11-13-23-59(51)80(61)63-24-14-21-55(68(69,70)71)64(63)54-38-46(67-77-65(42-15-6-4-7-16-42)76-66(78-67)43-17-8-5-9-18-43)28-34-62(54)79-58-22-12-10-19-50(58)52-36-44(26-32-60(52)79)48-30-25-41(40-72)35-56(48)74-2/h4-39H. The van der Waals surface area contributed by atoms with Crippen LogP contribution in [0, 0.1) is 31.0 Å². The minimum absolute atomic E-state index is 0.101. The van der Waals surface area contributed by atoms with Gasteiger partial charge in [-0.05, 0) is 101 Å². The molecule has 0 aliphatic carbocycles. The third-order valence-corrected chi connectivity index (χ3v) is 14.5. The topological polar surface area (TPSA) is 85.4 Å². The number of alkyl halides is 3. The van der Waals surface area contributed by atoms with E-state index in [9.17, 15) is 5.26 Å². The molecule has 0 bridgehead atoms. The number of para-hydroxylation sites is 2. The molecule has 374 valence electrons. The smallest absolute Gasteiger partial charge is 0.309 e. The lowest BCUT2D eigenvalue weighted by Crippen LogP contribution is -2.11. The first-order valence-corrected chi connectivity index (χ1v) is 25.2. The molecule has 0 aliphatic rings. The van der Waals surface area contributed by atoms with Gasteiger partial charge in [-0.15, -0.1) is 0 Å². The van der Waals surface area contributed by atoms with Crippen molar-refractivity contribution >= 4 is 60.7 Å². The Morgan fingerprint density at radius 3 is 1.45 bits per heavy atom. The van der Waals surface area contributed by atoms with Crippen molar-refractivity contribution in [2.45, 2.75) is 6.18 Å². The molecular weight excluding hydrogens is 1000 g/mol. The van der Waals surface area contributed by atoms with Gasteiger partial charge in [-0.1, -0.05) is 140 Å². The lowest BCUT2D eigenvalue weighted by atomic mass is 9.93. The largest absolute Gasteiger partial charge is 0.417 e. The van der Waals surface area contributed by atoms with Crippen LogP contribution in [0.15, 0.2) is 218 Å². The van der Waals surface area contributed by atoms with Crippen molar-refractivity contribution in [1.29, 1.82) is 5.26 Å². The van der Waals surface area contributed by atoms with Crippen molar-refractivity contribution in [3.05, 3.63) is 264 Å². The van der Waals surface area contributed by atoms with Gasteiger partial charge >= 0.3 is 6.18 Å². The van der Waals surface area contributed by atoms with E-state index in [-0.39, 0.29) is 22.6 Å². The predicted molar refractivity (Wildman–Crippen MR) is 310 cm³/mol. The van der Waals surface area contributed by atoms with Gasteiger partial charge in [0.05, 0.1) is 64.8 Å². The first-order valence-electron chi connectivity index (χ1n) is 25.2. The molecule has 0 aliphatic heterocycles. The van der Waals surface area contributed by atoms with E-state index in [1.54, 1.807) is 48.5 Å². The summed E-state index contributed by atoms with van der Waals surface area (Å²) >= 11 is 0. The predicted octanol–water partition coefficient (Wildman–Crippen LogP) is 18.6. The highest BCUT2D eigenvalue weighted by atomic mass is 19.4. The quantitative estimate of drug-likeness (QED) is 0.142.